The van der Waals surface area contributed by atoms with E-state index in [2.05, 4.69) is 4.99 Å². The van der Waals surface area contributed by atoms with Gasteiger partial charge in [-0.3, -0.25) is 0 Å². The standard InChI is InChI=1S/C12H11NO3/c1-8-9(12(4-5-12)13-6-14)2-3-10-11(8)16-7-15-10/h2-3H,4-5,7H2,1H3. The summed E-state index contributed by atoms with van der Waals surface area (Å²) in [6.07, 6.45) is 3.48. The topological polar surface area (TPSA) is 47.9 Å². The maximum Gasteiger partial charge on any atom is 0.235 e. The van der Waals surface area contributed by atoms with Gasteiger partial charge in [0.1, 0.15) is 0 Å². The highest BCUT2D eigenvalue weighted by molar-refractivity contribution is 5.55. The minimum absolute atomic E-state index is 0.267. The fourth-order valence-electron chi connectivity index (χ4n) is 2.26. The van der Waals surface area contributed by atoms with Crippen LogP contribution in [0.5, 0.6) is 11.5 Å². The molecule has 0 amide bonds. The van der Waals surface area contributed by atoms with Gasteiger partial charge in [0, 0.05) is 5.56 Å². The first kappa shape index (κ1) is 9.43. The molecule has 0 atom stereocenters. The van der Waals surface area contributed by atoms with Crippen molar-refractivity contribution in [3.63, 3.8) is 0 Å². The van der Waals surface area contributed by atoms with Crippen LogP contribution in [0, 0.1) is 6.92 Å². The zero-order valence-corrected chi connectivity index (χ0v) is 8.95. The first-order chi connectivity index (χ1) is 7.77. The first-order valence-corrected chi connectivity index (χ1v) is 5.25. The largest absolute Gasteiger partial charge is 0.454 e. The molecular formula is C12H11NO3. The molecule has 0 bridgehead atoms. The summed E-state index contributed by atoms with van der Waals surface area (Å²) in [7, 11) is 0. The van der Waals surface area contributed by atoms with Gasteiger partial charge in [0.2, 0.25) is 12.9 Å². The second-order valence-electron chi connectivity index (χ2n) is 4.21. The summed E-state index contributed by atoms with van der Waals surface area (Å²) in [5.41, 5.74) is 1.74. The first-order valence-electron chi connectivity index (χ1n) is 5.25. The van der Waals surface area contributed by atoms with Crippen molar-refractivity contribution in [2.45, 2.75) is 25.3 Å². The van der Waals surface area contributed by atoms with Crippen molar-refractivity contribution in [2.24, 2.45) is 4.99 Å². The SMILES string of the molecule is Cc1c(C2(N=C=O)CC2)ccc2c1OCO2. The molecule has 0 N–H and O–H groups in total. The van der Waals surface area contributed by atoms with Crippen LogP contribution < -0.4 is 9.47 Å². The van der Waals surface area contributed by atoms with Crippen molar-refractivity contribution in [1.29, 1.82) is 0 Å². The number of hydrogen-bond acceptors (Lipinski definition) is 4. The Labute approximate surface area is 92.9 Å². The van der Waals surface area contributed by atoms with Gasteiger partial charge in [0.25, 0.3) is 0 Å². The molecule has 0 spiro atoms. The molecule has 2 aliphatic rings. The maximum absolute atomic E-state index is 10.4. The van der Waals surface area contributed by atoms with Gasteiger partial charge in [0.05, 0.1) is 5.54 Å². The molecule has 1 fully saturated rings. The van der Waals surface area contributed by atoms with Crippen molar-refractivity contribution >= 4 is 6.08 Å². The molecule has 16 heavy (non-hydrogen) atoms. The molecule has 3 rings (SSSR count). The summed E-state index contributed by atoms with van der Waals surface area (Å²) in [5.74, 6) is 1.55. The van der Waals surface area contributed by atoms with E-state index in [1.54, 1.807) is 6.08 Å². The average molecular weight is 217 g/mol. The Kier molecular flexibility index (Phi) is 1.82. The fourth-order valence-corrected chi connectivity index (χ4v) is 2.26. The fraction of sp³-hybridized carbons (Fsp3) is 0.417. The Morgan fingerprint density at radius 3 is 2.88 bits per heavy atom. The van der Waals surface area contributed by atoms with Gasteiger partial charge in [-0.25, -0.2) is 4.79 Å². The normalized spacial score (nSPS) is 19.1. The van der Waals surface area contributed by atoms with Gasteiger partial charge in [0.15, 0.2) is 11.5 Å². The number of nitrogens with zero attached hydrogens (tertiary/aromatic N) is 1. The molecule has 82 valence electrons. The van der Waals surface area contributed by atoms with E-state index in [9.17, 15) is 4.79 Å². The van der Waals surface area contributed by atoms with E-state index in [4.69, 9.17) is 9.47 Å². The summed E-state index contributed by atoms with van der Waals surface area (Å²) < 4.78 is 10.7. The number of ether oxygens (including phenoxy) is 2. The number of hydrogen-bond donors (Lipinski definition) is 0. The van der Waals surface area contributed by atoms with Crippen LogP contribution in [0.4, 0.5) is 0 Å². The molecule has 1 saturated carbocycles. The minimum atomic E-state index is -0.340. The molecule has 0 unspecified atom stereocenters. The van der Waals surface area contributed by atoms with E-state index in [0.29, 0.717) is 0 Å². The molecule has 4 heteroatoms. The lowest BCUT2D eigenvalue weighted by atomic mass is 9.98. The van der Waals surface area contributed by atoms with E-state index < -0.39 is 0 Å². The molecule has 0 aromatic heterocycles. The van der Waals surface area contributed by atoms with Crippen LogP contribution in [-0.4, -0.2) is 12.9 Å². The lowest BCUT2D eigenvalue weighted by molar-refractivity contribution is 0.173. The average Bonchev–Trinajstić information content (AvgIpc) is 2.89. The predicted molar refractivity (Wildman–Crippen MR) is 56.3 cm³/mol. The van der Waals surface area contributed by atoms with Crippen molar-refractivity contribution in [3.8, 4) is 11.5 Å². The van der Waals surface area contributed by atoms with Gasteiger partial charge >= 0.3 is 0 Å². The Hall–Kier alpha value is -1.80. The summed E-state index contributed by atoms with van der Waals surface area (Å²) >= 11 is 0. The van der Waals surface area contributed by atoms with Crippen molar-refractivity contribution in [1.82, 2.24) is 0 Å². The zero-order valence-electron chi connectivity index (χ0n) is 8.95. The van der Waals surface area contributed by atoms with Gasteiger partial charge in [-0.15, -0.1) is 0 Å². The summed E-state index contributed by atoms with van der Waals surface area (Å²) in [6.45, 7) is 2.24. The highest BCUT2D eigenvalue weighted by Crippen LogP contribution is 2.53. The van der Waals surface area contributed by atoms with Crippen LogP contribution in [0.15, 0.2) is 17.1 Å². The number of fused-ring (bicyclic) bond motifs is 1. The Bertz CT molecular complexity index is 499. The Morgan fingerprint density at radius 1 is 1.38 bits per heavy atom. The van der Waals surface area contributed by atoms with E-state index in [0.717, 1.165) is 35.5 Å². The quantitative estimate of drug-likeness (QED) is 0.562. The lowest BCUT2D eigenvalue weighted by Gasteiger charge is -2.13. The smallest absolute Gasteiger partial charge is 0.235 e. The van der Waals surface area contributed by atoms with Gasteiger partial charge in [-0.1, -0.05) is 6.07 Å². The van der Waals surface area contributed by atoms with Crippen LogP contribution in [-0.2, 0) is 10.3 Å². The maximum atomic E-state index is 10.4. The molecule has 1 heterocycles. The molecule has 4 nitrogen and oxygen atoms in total. The summed E-state index contributed by atoms with van der Waals surface area (Å²) in [6, 6.07) is 3.85. The monoisotopic (exact) mass is 217 g/mol. The van der Waals surface area contributed by atoms with Crippen molar-refractivity contribution in [2.75, 3.05) is 6.79 Å². The molecule has 0 radical (unpaired) electrons. The Morgan fingerprint density at radius 2 is 2.19 bits per heavy atom. The highest BCUT2D eigenvalue weighted by Gasteiger charge is 2.46. The summed E-state index contributed by atoms with van der Waals surface area (Å²) in [5, 5.41) is 0. The third kappa shape index (κ3) is 1.17. The number of isocyanates is 1. The number of carbonyl (C=O) groups excluding carboxylic acids is 1. The molecule has 1 aromatic carbocycles. The number of benzene rings is 1. The van der Waals surface area contributed by atoms with E-state index in [1.165, 1.54) is 0 Å². The van der Waals surface area contributed by atoms with E-state index in [1.807, 2.05) is 19.1 Å². The minimum Gasteiger partial charge on any atom is -0.454 e. The van der Waals surface area contributed by atoms with E-state index >= 15 is 0 Å². The number of rotatable bonds is 2. The molecular weight excluding hydrogens is 206 g/mol. The van der Waals surface area contributed by atoms with Crippen LogP contribution in [0.2, 0.25) is 0 Å². The Balaban J connectivity index is 2.13. The molecule has 0 saturated heterocycles. The van der Waals surface area contributed by atoms with Gasteiger partial charge < -0.3 is 9.47 Å². The number of aliphatic imine (C=N–C) groups is 1. The van der Waals surface area contributed by atoms with Crippen LogP contribution >= 0.6 is 0 Å². The third-order valence-electron chi connectivity index (χ3n) is 3.27. The van der Waals surface area contributed by atoms with Crippen LogP contribution in [0.25, 0.3) is 0 Å². The lowest BCUT2D eigenvalue weighted by Crippen LogP contribution is -2.05. The van der Waals surface area contributed by atoms with Crippen LogP contribution in [0.1, 0.15) is 24.0 Å². The zero-order chi connectivity index (χ0) is 11.2. The van der Waals surface area contributed by atoms with Gasteiger partial charge in [-0.2, -0.15) is 4.99 Å². The summed E-state index contributed by atoms with van der Waals surface area (Å²) in [4.78, 5) is 14.4. The molecule has 1 aliphatic heterocycles. The second kappa shape index (κ2) is 3.09. The van der Waals surface area contributed by atoms with Gasteiger partial charge in [-0.05, 0) is 31.4 Å². The highest BCUT2D eigenvalue weighted by atomic mass is 16.7. The third-order valence-corrected chi connectivity index (χ3v) is 3.27. The second-order valence-corrected chi connectivity index (χ2v) is 4.21. The molecule has 1 aromatic rings. The predicted octanol–water partition coefficient (Wildman–Crippen LogP) is 2.05. The van der Waals surface area contributed by atoms with Crippen LogP contribution in [0.3, 0.4) is 0 Å². The van der Waals surface area contributed by atoms with Crippen molar-refractivity contribution < 1.29 is 14.3 Å². The van der Waals surface area contributed by atoms with E-state index in [-0.39, 0.29) is 12.3 Å². The molecule has 1 aliphatic carbocycles. The van der Waals surface area contributed by atoms with Crippen molar-refractivity contribution in [3.05, 3.63) is 23.3 Å².